The van der Waals surface area contributed by atoms with Gasteiger partial charge in [-0.05, 0) is 17.7 Å². The Kier molecular flexibility index (Phi) is 2.38. The third-order valence-electron chi connectivity index (χ3n) is 2.10. The van der Waals surface area contributed by atoms with Crippen LogP contribution in [0.3, 0.4) is 0 Å². The molecule has 15 heavy (non-hydrogen) atoms. The molecule has 0 aliphatic heterocycles. The van der Waals surface area contributed by atoms with Gasteiger partial charge in [-0.1, -0.05) is 12.1 Å². The average Bonchev–Trinajstić information content (AvgIpc) is 2.65. The monoisotopic (exact) mass is 198 g/mol. The van der Waals surface area contributed by atoms with E-state index in [1.807, 2.05) is 12.1 Å². The number of hydrogen-bond donors (Lipinski definition) is 2. The number of anilines is 1. The lowest BCUT2D eigenvalue weighted by Gasteiger charge is -1.97. The number of aromatic amines is 1. The van der Waals surface area contributed by atoms with Gasteiger partial charge in [-0.15, -0.1) is 0 Å². The lowest BCUT2D eigenvalue weighted by molar-refractivity contribution is 1.03. The number of nitrogens with two attached hydrogens (primary N) is 1. The molecule has 0 amide bonds. The van der Waals surface area contributed by atoms with Crippen molar-refractivity contribution < 1.29 is 0 Å². The Morgan fingerprint density at radius 3 is 2.60 bits per heavy atom. The summed E-state index contributed by atoms with van der Waals surface area (Å²) in [6, 6.07) is 9.49. The van der Waals surface area contributed by atoms with Crippen LogP contribution in [0.25, 0.3) is 0 Å². The average molecular weight is 198 g/mol. The second-order valence-electron chi connectivity index (χ2n) is 3.27. The third-order valence-corrected chi connectivity index (χ3v) is 2.10. The zero-order valence-electron chi connectivity index (χ0n) is 8.07. The van der Waals surface area contributed by atoms with Crippen molar-refractivity contribution in [3.8, 4) is 6.07 Å². The quantitative estimate of drug-likeness (QED) is 0.766. The fourth-order valence-electron chi connectivity index (χ4n) is 1.36. The molecular weight excluding hydrogens is 188 g/mol. The highest BCUT2D eigenvalue weighted by atomic mass is 15.0. The normalized spacial score (nSPS) is 9.80. The lowest BCUT2D eigenvalue weighted by Crippen LogP contribution is -1.91. The first-order valence-electron chi connectivity index (χ1n) is 4.56. The lowest BCUT2D eigenvalue weighted by atomic mass is 10.1. The molecule has 1 aromatic carbocycles. The van der Waals surface area contributed by atoms with Gasteiger partial charge in [0, 0.05) is 6.42 Å². The second kappa shape index (κ2) is 3.84. The van der Waals surface area contributed by atoms with E-state index < -0.39 is 0 Å². The first-order chi connectivity index (χ1) is 7.28. The van der Waals surface area contributed by atoms with Gasteiger partial charge in [-0.3, -0.25) is 0 Å². The summed E-state index contributed by atoms with van der Waals surface area (Å²) >= 11 is 0. The number of benzene rings is 1. The van der Waals surface area contributed by atoms with E-state index in [2.05, 4.69) is 16.0 Å². The molecule has 4 heteroatoms. The zero-order valence-corrected chi connectivity index (χ0v) is 8.07. The van der Waals surface area contributed by atoms with Gasteiger partial charge in [0.15, 0.2) is 0 Å². The van der Waals surface area contributed by atoms with Crippen molar-refractivity contribution in [1.29, 1.82) is 5.26 Å². The van der Waals surface area contributed by atoms with E-state index >= 15 is 0 Å². The van der Waals surface area contributed by atoms with Gasteiger partial charge >= 0.3 is 0 Å². The van der Waals surface area contributed by atoms with Crippen LogP contribution in [0, 0.1) is 11.3 Å². The van der Waals surface area contributed by atoms with Crippen molar-refractivity contribution in [2.75, 3.05) is 5.73 Å². The van der Waals surface area contributed by atoms with E-state index in [4.69, 9.17) is 11.0 Å². The Bertz CT molecular complexity index is 490. The van der Waals surface area contributed by atoms with Crippen LogP contribution in [0.1, 0.15) is 17.0 Å². The summed E-state index contributed by atoms with van der Waals surface area (Å²) in [7, 11) is 0. The number of nitrogen functional groups attached to an aromatic ring is 1. The van der Waals surface area contributed by atoms with Gasteiger partial charge in [0.1, 0.15) is 11.6 Å². The summed E-state index contributed by atoms with van der Waals surface area (Å²) < 4.78 is 0. The molecule has 0 atom stereocenters. The van der Waals surface area contributed by atoms with E-state index in [1.54, 1.807) is 18.3 Å². The minimum absolute atomic E-state index is 0.568. The first-order valence-corrected chi connectivity index (χ1v) is 4.56. The molecule has 0 fully saturated rings. The van der Waals surface area contributed by atoms with E-state index in [0.717, 1.165) is 11.4 Å². The molecule has 4 nitrogen and oxygen atoms in total. The Morgan fingerprint density at radius 1 is 1.33 bits per heavy atom. The third kappa shape index (κ3) is 2.15. The van der Waals surface area contributed by atoms with Crippen LogP contribution in [0.5, 0.6) is 0 Å². The van der Waals surface area contributed by atoms with Crippen LogP contribution in [-0.2, 0) is 6.42 Å². The largest absolute Gasteiger partial charge is 0.384 e. The number of nitriles is 1. The number of rotatable bonds is 2. The summed E-state index contributed by atoms with van der Waals surface area (Å²) in [6.45, 7) is 0. The Balaban J connectivity index is 2.15. The number of imidazole rings is 1. The molecule has 0 aliphatic rings. The fraction of sp³-hybridized carbons (Fsp3) is 0.0909. The molecular formula is C11H10N4. The molecule has 0 bridgehead atoms. The van der Waals surface area contributed by atoms with Gasteiger partial charge in [-0.25, -0.2) is 4.98 Å². The van der Waals surface area contributed by atoms with Gasteiger partial charge < -0.3 is 10.7 Å². The molecule has 0 saturated heterocycles. The Hall–Kier alpha value is -2.28. The Labute approximate surface area is 87.4 Å². The Morgan fingerprint density at radius 2 is 2.07 bits per heavy atom. The summed E-state index contributed by atoms with van der Waals surface area (Å²) in [5.41, 5.74) is 7.28. The number of H-pyrrole nitrogens is 1. The summed E-state index contributed by atoms with van der Waals surface area (Å²) in [4.78, 5) is 7.06. The fourth-order valence-corrected chi connectivity index (χ4v) is 1.36. The molecule has 0 radical (unpaired) electrons. The van der Waals surface area contributed by atoms with Crippen molar-refractivity contribution >= 4 is 5.82 Å². The topological polar surface area (TPSA) is 78.5 Å². The van der Waals surface area contributed by atoms with Crippen LogP contribution in [0.15, 0.2) is 30.5 Å². The number of aromatic nitrogens is 2. The van der Waals surface area contributed by atoms with E-state index in [0.29, 0.717) is 17.8 Å². The molecule has 74 valence electrons. The molecule has 0 unspecified atom stereocenters. The van der Waals surface area contributed by atoms with E-state index in [-0.39, 0.29) is 0 Å². The number of nitrogens with zero attached hydrogens (tertiary/aromatic N) is 2. The van der Waals surface area contributed by atoms with Gasteiger partial charge in [-0.2, -0.15) is 5.26 Å². The summed E-state index contributed by atoms with van der Waals surface area (Å²) in [5, 5.41) is 8.64. The zero-order chi connectivity index (χ0) is 10.7. The van der Waals surface area contributed by atoms with Crippen molar-refractivity contribution in [3.63, 3.8) is 0 Å². The van der Waals surface area contributed by atoms with Crippen LogP contribution in [0.2, 0.25) is 0 Å². The number of hydrogen-bond acceptors (Lipinski definition) is 3. The minimum atomic E-state index is 0.568. The minimum Gasteiger partial charge on any atom is -0.384 e. The molecule has 3 N–H and O–H groups in total. The smallest absolute Gasteiger partial charge is 0.120 e. The molecule has 0 aliphatic carbocycles. The van der Waals surface area contributed by atoms with Crippen molar-refractivity contribution in [2.24, 2.45) is 0 Å². The number of nitrogens with one attached hydrogen (secondary N) is 1. The molecule has 2 rings (SSSR count). The summed E-state index contributed by atoms with van der Waals surface area (Å²) in [5.74, 6) is 1.40. The van der Waals surface area contributed by atoms with Crippen LogP contribution in [-0.4, -0.2) is 9.97 Å². The molecule has 0 saturated carbocycles. The van der Waals surface area contributed by atoms with Gasteiger partial charge in [0.05, 0.1) is 17.8 Å². The van der Waals surface area contributed by atoms with Crippen LogP contribution >= 0.6 is 0 Å². The standard InChI is InChI=1S/C11H10N4/c12-6-9-3-1-8(2-4-9)5-11-14-7-10(13)15-11/h1-4,7H,5,13H2,(H,14,15). The SMILES string of the molecule is N#Cc1ccc(Cc2ncc(N)[nH]2)cc1. The maximum absolute atomic E-state index is 8.64. The van der Waals surface area contributed by atoms with Gasteiger partial charge in [0.2, 0.25) is 0 Å². The first kappa shape index (κ1) is 9.28. The van der Waals surface area contributed by atoms with Crippen molar-refractivity contribution in [2.45, 2.75) is 6.42 Å². The highest BCUT2D eigenvalue weighted by molar-refractivity contribution is 5.33. The summed E-state index contributed by atoms with van der Waals surface area (Å²) in [6.07, 6.45) is 2.29. The van der Waals surface area contributed by atoms with Crippen molar-refractivity contribution in [1.82, 2.24) is 9.97 Å². The maximum atomic E-state index is 8.64. The van der Waals surface area contributed by atoms with Crippen LogP contribution in [0.4, 0.5) is 5.82 Å². The van der Waals surface area contributed by atoms with Crippen molar-refractivity contribution in [3.05, 3.63) is 47.4 Å². The molecule has 0 spiro atoms. The van der Waals surface area contributed by atoms with E-state index in [9.17, 15) is 0 Å². The highest BCUT2D eigenvalue weighted by Crippen LogP contribution is 2.08. The highest BCUT2D eigenvalue weighted by Gasteiger charge is 2.00. The van der Waals surface area contributed by atoms with Gasteiger partial charge in [0.25, 0.3) is 0 Å². The molecule has 2 aromatic rings. The second-order valence-corrected chi connectivity index (χ2v) is 3.27. The van der Waals surface area contributed by atoms with E-state index in [1.165, 1.54) is 0 Å². The molecule has 1 aromatic heterocycles. The predicted octanol–water partition coefficient (Wildman–Crippen LogP) is 1.45. The maximum Gasteiger partial charge on any atom is 0.120 e. The predicted molar refractivity (Wildman–Crippen MR) is 57.0 cm³/mol. The van der Waals surface area contributed by atoms with Crippen LogP contribution < -0.4 is 5.73 Å². The molecule has 1 heterocycles.